The summed E-state index contributed by atoms with van der Waals surface area (Å²) >= 11 is 6.41. The Hall–Kier alpha value is -3.42. The highest BCUT2D eigenvalue weighted by atomic mass is 35.5. The van der Waals surface area contributed by atoms with Gasteiger partial charge >= 0.3 is 6.09 Å². The zero-order valence-corrected chi connectivity index (χ0v) is 19.1. The number of hydrazone groups is 1. The predicted octanol–water partition coefficient (Wildman–Crippen LogP) is 2.34. The average Bonchev–Trinajstić information content (AvgIpc) is 3.23. The van der Waals surface area contributed by atoms with Gasteiger partial charge in [0.15, 0.2) is 5.60 Å². The van der Waals surface area contributed by atoms with Crippen LogP contribution in [-0.4, -0.2) is 64.1 Å². The molecule has 3 heterocycles. The number of aromatic nitrogens is 2. The van der Waals surface area contributed by atoms with Crippen molar-refractivity contribution in [2.45, 2.75) is 38.3 Å². The molecule has 1 aromatic heterocycles. The molecule has 0 bridgehead atoms. The summed E-state index contributed by atoms with van der Waals surface area (Å²) in [5, 5.41) is 23.7. The molecule has 10 nitrogen and oxygen atoms in total. The van der Waals surface area contributed by atoms with Crippen molar-refractivity contribution in [3.05, 3.63) is 51.8 Å². The molecule has 1 saturated heterocycles. The standard InChI is InChI=1S/C22H24ClN7O3/c1-13-9-18(27-26-13)20(31)25-14(2)12-30-7-5-22(6-8-30)19(28-29-21(32)33-22)16-10-15(11-24)3-4-17(16)23/h3-4,9-10,14H,5-8,12H2,1-2H3,(H,25,31)(H,26,27)(H,29,32)/t14-/m0/s1. The number of carbonyl (C=O) groups is 2. The number of rotatable bonds is 5. The number of nitrogens with zero attached hydrogens (tertiary/aromatic N) is 4. The first-order valence-corrected chi connectivity index (χ1v) is 11.0. The van der Waals surface area contributed by atoms with Gasteiger partial charge in [0.2, 0.25) is 0 Å². The van der Waals surface area contributed by atoms with Crippen LogP contribution in [0.2, 0.25) is 5.02 Å². The average molecular weight is 470 g/mol. The highest BCUT2D eigenvalue weighted by Crippen LogP contribution is 2.35. The van der Waals surface area contributed by atoms with Gasteiger partial charge in [0, 0.05) is 54.8 Å². The van der Waals surface area contributed by atoms with E-state index in [2.05, 4.69) is 37.0 Å². The molecule has 1 spiro atoms. The number of hydrogen-bond donors (Lipinski definition) is 3. The van der Waals surface area contributed by atoms with Crippen LogP contribution in [0.15, 0.2) is 29.4 Å². The molecule has 172 valence electrons. The number of benzene rings is 1. The monoisotopic (exact) mass is 469 g/mol. The van der Waals surface area contributed by atoms with Gasteiger partial charge in [-0.25, -0.2) is 10.2 Å². The highest BCUT2D eigenvalue weighted by molar-refractivity contribution is 6.35. The molecule has 2 aliphatic rings. The van der Waals surface area contributed by atoms with Crippen molar-refractivity contribution in [2.75, 3.05) is 19.6 Å². The minimum Gasteiger partial charge on any atom is -0.435 e. The number of nitriles is 1. The van der Waals surface area contributed by atoms with Gasteiger partial charge in [-0.15, -0.1) is 0 Å². The number of amides is 2. The minimum absolute atomic E-state index is 0.103. The number of carbonyl (C=O) groups excluding carboxylic acids is 2. The zero-order chi connectivity index (χ0) is 23.6. The summed E-state index contributed by atoms with van der Waals surface area (Å²) in [7, 11) is 0. The Morgan fingerprint density at radius 2 is 2.15 bits per heavy atom. The zero-order valence-electron chi connectivity index (χ0n) is 18.3. The van der Waals surface area contributed by atoms with Crippen LogP contribution >= 0.6 is 11.6 Å². The van der Waals surface area contributed by atoms with Crippen LogP contribution in [0.3, 0.4) is 0 Å². The lowest BCUT2D eigenvalue weighted by atomic mass is 9.82. The van der Waals surface area contributed by atoms with E-state index in [1.165, 1.54) is 0 Å². The summed E-state index contributed by atoms with van der Waals surface area (Å²) in [6.07, 6.45) is 0.395. The van der Waals surface area contributed by atoms with E-state index in [-0.39, 0.29) is 11.9 Å². The maximum absolute atomic E-state index is 12.3. The molecule has 4 rings (SSSR count). The first-order chi connectivity index (χ1) is 15.8. The molecule has 0 aliphatic carbocycles. The smallest absolute Gasteiger partial charge is 0.428 e. The van der Waals surface area contributed by atoms with Gasteiger partial charge in [-0.2, -0.15) is 15.5 Å². The van der Waals surface area contributed by atoms with Crippen LogP contribution in [0.25, 0.3) is 0 Å². The maximum Gasteiger partial charge on any atom is 0.428 e. The van der Waals surface area contributed by atoms with Crippen molar-refractivity contribution in [3.8, 4) is 6.07 Å². The van der Waals surface area contributed by atoms with Gasteiger partial charge in [0.1, 0.15) is 11.4 Å². The SMILES string of the molecule is Cc1cc(C(=O)N[C@@H](C)CN2CCC3(CC2)OC(=O)NN=C3c2cc(C#N)ccc2Cl)n[nH]1. The molecular formula is C22H24ClN7O3. The lowest BCUT2D eigenvalue weighted by molar-refractivity contribution is 0.00488. The van der Waals surface area contributed by atoms with Crippen molar-refractivity contribution >= 4 is 29.3 Å². The molecule has 0 unspecified atom stereocenters. The summed E-state index contributed by atoms with van der Waals surface area (Å²) < 4.78 is 5.76. The summed E-state index contributed by atoms with van der Waals surface area (Å²) in [6, 6.07) is 8.62. The van der Waals surface area contributed by atoms with Crippen LogP contribution in [0, 0.1) is 18.3 Å². The fraction of sp³-hybridized carbons (Fsp3) is 0.409. The summed E-state index contributed by atoms with van der Waals surface area (Å²) in [5.41, 5.74) is 4.13. The Labute approximate surface area is 195 Å². The molecule has 2 aromatic rings. The Balaban J connectivity index is 1.44. The molecule has 1 atom stereocenters. The second-order valence-electron chi connectivity index (χ2n) is 8.37. The highest BCUT2D eigenvalue weighted by Gasteiger charge is 2.46. The molecule has 33 heavy (non-hydrogen) atoms. The second kappa shape index (κ2) is 9.21. The normalized spacial score (nSPS) is 18.6. The molecule has 3 N–H and O–H groups in total. The molecule has 11 heteroatoms. The van der Waals surface area contributed by atoms with E-state index in [0.717, 1.165) is 5.69 Å². The summed E-state index contributed by atoms with van der Waals surface area (Å²) in [4.78, 5) is 26.6. The van der Waals surface area contributed by atoms with Crippen LogP contribution in [0.5, 0.6) is 0 Å². The van der Waals surface area contributed by atoms with E-state index < -0.39 is 11.7 Å². The fourth-order valence-corrected chi connectivity index (χ4v) is 4.44. The van der Waals surface area contributed by atoms with Crippen molar-refractivity contribution in [3.63, 3.8) is 0 Å². The first-order valence-electron chi connectivity index (χ1n) is 10.6. The molecule has 1 fully saturated rings. The number of H-pyrrole nitrogens is 1. The fourth-order valence-electron chi connectivity index (χ4n) is 4.23. The molecular weight excluding hydrogens is 446 g/mol. The Morgan fingerprint density at radius 1 is 1.39 bits per heavy atom. The van der Waals surface area contributed by atoms with E-state index in [1.807, 2.05) is 13.8 Å². The van der Waals surface area contributed by atoms with Crippen molar-refractivity contribution in [1.29, 1.82) is 5.26 Å². The van der Waals surface area contributed by atoms with E-state index in [4.69, 9.17) is 16.3 Å². The number of ether oxygens (including phenoxy) is 1. The molecule has 2 aliphatic heterocycles. The number of nitrogens with one attached hydrogen (secondary N) is 3. The number of halogens is 1. The van der Waals surface area contributed by atoms with Crippen LogP contribution in [0.1, 0.15) is 47.1 Å². The Kier molecular flexibility index (Phi) is 6.35. The van der Waals surface area contributed by atoms with Gasteiger partial charge in [0.05, 0.1) is 11.6 Å². The van der Waals surface area contributed by atoms with Gasteiger partial charge in [0.25, 0.3) is 5.91 Å². The second-order valence-corrected chi connectivity index (χ2v) is 8.78. The van der Waals surface area contributed by atoms with Crippen molar-refractivity contribution < 1.29 is 14.3 Å². The van der Waals surface area contributed by atoms with Gasteiger partial charge in [-0.05, 0) is 38.1 Å². The molecule has 2 amide bonds. The first kappa shape index (κ1) is 22.8. The molecule has 1 aromatic carbocycles. The topological polar surface area (TPSA) is 136 Å². The predicted molar refractivity (Wildman–Crippen MR) is 121 cm³/mol. The summed E-state index contributed by atoms with van der Waals surface area (Å²) in [6.45, 7) is 5.67. The minimum atomic E-state index is -0.935. The van der Waals surface area contributed by atoms with E-state index >= 15 is 0 Å². The van der Waals surface area contributed by atoms with E-state index in [9.17, 15) is 14.9 Å². The third kappa shape index (κ3) is 4.84. The van der Waals surface area contributed by atoms with Crippen LogP contribution < -0.4 is 10.7 Å². The number of aromatic amines is 1. The van der Waals surface area contributed by atoms with Crippen LogP contribution in [0.4, 0.5) is 4.79 Å². The Bertz CT molecular complexity index is 1150. The van der Waals surface area contributed by atoms with Gasteiger partial charge in [-0.1, -0.05) is 11.6 Å². The van der Waals surface area contributed by atoms with Gasteiger partial charge in [-0.3, -0.25) is 9.89 Å². The third-order valence-electron chi connectivity index (χ3n) is 5.84. The lowest BCUT2D eigenvalue weighted by Crippen LogP contribution is -2.57. The number of piperidine rings is 1. The van der Waals surface area contributed by atoms with Crippen molar-refractivity contribution in [2.24, 2.45) is 5.10 Å². The number of aryl methyl sites for hydroxylation is 1. The number of likely N-dealkylation sites (tertiary alicyclic amines) is 1. The Morgan fingerprint density at radius 3 is 2.82 bits per heavy atom. The van der Waals surface area contributed by atoms with E-state index in [0.29, 0.717) is 60.0 Å². The quantitative estimate of drug-likeness (QED) is 0.615. The van der Waals surface area contributed by atoms with Crippen LogP contribution in [-0.2, 0) is 4.74 Å². The maximum atomic E-state index is 12.3. The molecule has 0 saturated carbocycles. The number of hydrogen-bond acceptors (Lipinski definition) is 7. The third-order valence-corrected chi connectivity index (χ3v) is 6.17. The summed E-state index contributed by atoms with van der Waals surface area (Å²) in [5.74, 6) is -0.228. The molecule has 0 radical (unpaired) electrons. The van der Waals surface area contributed by atoms with Crippen molar-refractivity contribution in [1.82, 2.24) is 25.8 Å². The van der Waals surface area contributed by atoms with E-state index in [1.54, 1.807) is 24.3 Å². The largest absolute Gasteiger partial charge is 0.435 e. The lowest BCUT2D eigenvalue weighted by Gasteiger charge is -2.43. The van der Waals surface area contributed by atoms with Gasteiger partial charge < -0.3 is 15.0 Å².